The molecule has 0 spiro atoms. The Morgan fingerprint density at radius 2 is 2.11 bits per heavy atom. The van der Waals surface area contributed by atoms with Crippen LogP contribution < -0.4 is 10.1 Å². The quantitative estimate of drug-likeness (QED) is 0.828. The third-order valence-corrected chi connectivity index (χ3v) is 3.42. The van der Waals surface area contributed by atoms with Crippen molar-refractivity contribution in [1.29, 1.82) is 0 Å². The number of benzene rings is 1. The van der Waals surface area contributed by atoms with E-state index in [4.69, 9.17) is 16.3 Å². The first kappa shape index (κ1) is 14.6. The molecule has 2 N–H and O–H groups in total. The van der Waals surface area contributed by atoms with Crippen LogP contribution in [0.25, 0.3) is 0 Å². The third kappa shape index (κ3) is 3.29. The van der Waals surface area contributed by atoms with Crippen LogP contribution in [0.2, 0.25) is 0 Å². The Kier molecular flexibility index (Phi) is 4.46. The Labute approximate surface area is 112 Å². The van der Waals surface area contributed by atoms with Crippen molar-refractivity contribution >= 4 is 17.5 Å². The Balaban J connectivity index is 2.89. The zero-order valence-corrected chi connectivity index (χ0v) is 11.7. The average Bonchev–Trinajstić information content (AvgIpc) is 2.28. The van der Waals surface area contributed by atoms with Crippen molar-refractivity contribution in [3.63, 3.8) is 0 Å². The number of phenols is 1. The van der Waals surface area contributed by atoms with Crippen molar-refractivity contribution in [2.75, 3.05) is 7.11 Å². The lowest BCUT2D eigenvalue weighted by molar-refractivity contribution is 0.0912. The summed E-state index contributed by atoms with van der Waals surface area (Å²) < 4.78 is 4.92. The maximum absolute atomic E-state index is 12.0. The standard InChI is InChI=1S/C13H18ClNO3/c1-8(14)13(2,3)15-12(17)9-5-6-11(18-4)10(16)7-9/h5-8,16H,1-4H3,(H,15,17). The van der Waals surface area contributed by atoms with Crippen LogP contribution in [0.15, 0.2) is 18.2 Å². The number of amides is 1. The number of hydrogen-bond donors (Lipinski definition) is 2. The maximum atomic E-state index is 12.0. The van der Waals surface area contributed by atoms with E-state index < -0.39 is 5.54 Å². The summed E-state index contributed by atoms with van der Waals surface area (Å²) in [7, 11) is 1.45. The van der Waals surface area contributed by atoms with Crippen molar-refractivity contribution in [3.8, 4) is 11.5 Å². The number of hydrogen-bond acceptors (Lipinski definition) is 3. The number of methoxy groups -OCH3 is 1. The minimum atomic E-state index is -0.534. The van der Waals surface area contributed by atoms with E-state index in [1.165, 1.54) is 13.2 Å². The van der Waals surface area contributed by atoms with Gasteiger partial charge in [-0.2, -0.15) is 0 Å². The van der Waals surface area contributed by atoms with Gasteiger partial charge < -0.3 is 15.2 Å². The number of nitrogens with one attached hydrogen (secondary N) is 1. The smallest absolute Gasteiger partial charge is 0.251 e. The predicted octanol–water partition coefficient (Wildman–Crippen LogP) is 2.54. The van der Waals surface area contributed by atoms with E-state index >= 15 is 0 Å². The van der Waals surface area contributed by atoms with Gasteiger partial charge in [-0.15, -0.1) is 11.6 Å². The number of carbonyl (C=O) groups excluding carboxylic acids is 1. The van der Waals surface area contributed by atoms with Crippen molar-refractivity contribution in [2.24, 2.45) is 0 Å². The Bertz CT molecular complexity index is 444. The van der Waals surface area contributed by atoms with Crippen LogP contribution in [0.4, 0.5) is 0 Å². The molecule has 1 atom stereocenters. The summed E-state index contributed by atoms with van der Waals surface area (Å²) in [4.78, 5) is 12.0. The van der Waals surface area contributed by atoms with Crippen LogP contribution in [0.5, 0.6) is 11.5 Å². The second-order valence-corrected chi connectivity index (χ2v) is 5.33. The van der Waals surface area contributed by atoms with Gasteiger partial charge in [0, 0.05) is 5.56 Å². The first-order valence-electron chi connectivity index (χ1n) is 5.61. The number of rotatable bonds is 4. The van der Waals surface area contributed by atoms with E-state index in [1.807, 2.05) is 20.8 Å². The number of aromatic hydroxyl groups is 1. The predicted molar refractivity (Wildman–Crippen MR) is 71.5 cm³/mol. The van der Waals surface area contributed by atoms with Gasteiger partial charge in [0.2, 0.25) is 0 Å². The number of phenolic OH excluding ortho intramolecular Hbond substituents is 1. The largest absolute Gasteiger partial charge is 0.504 e. The lowest BCUT2D eigenvalue weighted by atomic mass is 10.0. The van der Waals surface area contributed by atoms with Crippen LogP contribution in [0, 0.1) is 0 Å². The van der Waals surface area contributed by atoms with Crippen molar-refractivity contribution in [1.82, 2.24) is 5.32 Å². The van der Waals surface area contributed by atoms with E-state index in [1.54, 1.807) is 12.1 Å². The van der Waals surface area contributed by atoms with Gasteiger partial charge in [-0.1, -0.05) is 0 Å². The second kappa shape index (κ2) is 5.48. The molecule has 100 valence electrons. The first-order valence-corrected chi connectivity index (χ1v) is 6.05. The van der Waals surface area contributed by atoms with E-state index in [-0.39, 0.29) is 17.0 Å². The molecule has 0 radical (unpaired) electrons. The number of ether oxygens (including phenoxy) is 1. The molecule has 0 aliphatic heterocycles. The molecule has 4 nitrogen and oxygen atoms in total. The zero-order valence-electron chi connectivity index (χ0n) is 11.0. The molecule has 1 unspecified atom stereocenters. The molecule has 0 bridgehead atoms. The monoisotopic (exact) mass is 271 g/mol. The lowest BCUT2D eigenvalue weighted by Gasteiger charge is -2.29. The first-order chi connectivity index (χ1) is 8.27. The van der Waals surface area contributed by atoms with Crippen LogP contribution in [0.1, 0.15) is 31.1 Å². The fourth-order valence-corrected chi connectivity index (χ4v) is 1.35. The van der Waals surface area contributed by atoms with E-state index in [0.29, 0.717) is 11.3 Å². The van der Waals surface area contributed by atoms with Crippen molar-refractivity contribution < 1.29 is 14.6 Å². The molecule has 0 aliphatic carbocycles. The molecule has 0 heterocycles. The third-order valence-electron chi connectivity index (χ3n) is 2.87. The molecule has 0 aromatic heterocycles. The average molecular weight is 272 g/mol. The van der Waals surface area contributed by atoms with E-state index in [9.17, 15) is 9.90 Å². The Morgan fingerprint density at radius 3 is 2.56 bits per heavy atom. The molecule has 1 rings (SSSR count). The highest BCUT2D eigenvalue weighted by molar-refractivity contribution is 6.21. The fraction of sp³-hybridized carbons (Fsp3) is 0.462. The minimum Gasteiger partial charge on any atom is -0.504 e. The Morgan fingerprint density at radius 1 is 1.50 bits per heavy atom. The summed E-state index contributed by atoms with van der Waals surface area (Å²) in [5.74, 6) is -0.0242. The van der Waals surface area contributed by atoms with E-state index in [0.717, 1.165) is 0 Å². The highest BCUT2D eigenvalue weighted by Gasteiger charge is 2.26. The molecule has 0 fully saturated rings. The van der Waals surface area contributed by atoms with Gasteiger partial charge in [-0.25, -0.2) is 0 Å². The second-order valence-electron chi connectivity index (χ2n) is 4.68. The van der Waals surface area contributed by atoms with Gasteiger partial charge >= 0.3 is 0 Å². The van der Waals surface area contributed by atoms with Crippen LogP contribution in [-0.2, 0) is 0 Å². The summed E-state index contributed by atoms with van der Waals surface area (Å²) in [6.45, 7) is 5.49. The van der Waals surface area contributed by atoms with Crippen LogP contribution in [-0.4, -0.2) is 29.0 Å². The topological polar surface area (TPSA) is 58.6 Å². The maximum Gasteiger partial charge on any atom is 0.251 e. The molecule has 0 aliphatic rings. The number of alkyl halides is 1. The normalized spacial score (nSPS) is 12.9. The highest BCUT2D eigenvalue weighted by Crippen LogP contribution is 2.26. The minimum absolute atomic E-state index is 0.0677. The summed E-state index contributed by atoms with van der Waals surface area (Å²) in [5, 5.41) is 12.2. The van der Waals surface area contributed by atoms with Gasteiger partial charge in [-0.3, -0.25) is 4.79 Å². The summed E-state index contributed by atoms with van der Waals surface area (Å²) >= 11 is 6.00. The van der Waals surface area contributed by atoms with Gasteiger partial charge in [0.25, 0.3) is 5.91 Å². The molecule has 0 saturated carbocycles. The van der Waals surface area contributed by atoms with Crippen molar-refractivity contribution in [3.05, 3.63) is 23.8 Å². The molecule has 1 amide bonds. The number of halogens is 1. The van der Waals surface area contributed by atoms with Crippen molar-refractivity contribution in [2.45, 2.75) is 31.7 Å². The zero-order chi connectivity index (χ0) is 13.9. The molecule has 18 heavy (non-hydrogen) atoms. The molecule has 5 heteroatoms. The van der Waals surface area contributed by atoms with Gasteiger partial charge in [-0.05, 0) is 39.0 Å². The summed E-state index contributed by atoms with van der Waals surface area (Å²) in [6.07, 6.45) is 0. The van der Waals surface area contributed by atoms with Crippen LogP contribution in [0.3, 0.4) is 0 Å². The SMILES string of the molecule is COc1ccc(C(=O)NC(C)(C)C(C)Cl)cc1O. The molecular weight excluding hydrogens is 254 g/mol. The Hall–Kier alpha value is -1.42. The van der Waals surface area contributed by atoms with Crippen LogP contribution >= 0.6 is 11.6 Å². The van der Waals surface area contributed by atoms with Gasteiger partial charge in [0.1, 0.15) is 0 Å². The fourth-order valence-electron chi connectivity index (χ4n) is 1.30. The molecule has 0 saturated heterocycles. The molecular formula is C13H18ClNO3. The lowest BCUT2D eigenvalue weighted by Crippen LogP contribution is -2.49. The van der Waals surface area contributed by atoms with Gasteiger partial charge in [0.05, 0.1) is 18.0 Å². The molecule has 1 aromatic rings. The summed E-state index contributed by atoms with van der Waals surface area (Å²) in [6, 6.07) is 4.49. The van der Waals surface area contributed by atoms with Gasteiger partial charge in [0.15, 0.2) is 11.5 Å². The highest BCUT2D eigenvalue weighted by atomic mass is 35.5. The number of carbonyl (C=O) groups is 1. The van der Waals surface area contributed by atoms with E-state index in [2.05, 4.69) is 5.32 Å². The summed E-state index contributed by atoms with van der Waals surface area (Å²) in [5.41, 5.74) is -0.174. The molecule has 1 aromatic carbocycles.